The Labute approximate surface area is 194 Å². The van der Waals surface area contributed by atoms with E-state index in [2.05, 4.69) is 20.5 Å². The van der Waals surface area contributed by atoms with E-state index >= 15 is 0 Å². The minimum atomic E-state index is -2.87. The maximum Gasteiger partial charge on any atom is 0.191 e. The Bertz CT molecular complexity index is 826. The van der Waals surface area contributed by atoms with Gasteiger partial charge in [-0.05, 0) is 25.5 Å². The van der Waals surface area contributed by atoms with E-state index in [-0.39, 0.29) is 41.5 Å². The Kier molecular flexibility index (Phi) is 9.54. The molecule has 1 aromatic carbocycles. The fourth-order valence-corrected chi connectivity index (χ4v) is 4.90. The van der Waals surface area contributed by atoms with Crippen molar-refractivity contribution >= 4 is 45.5 Å². The van der Waals surface area contributed by atoms with E-state index in [1.807, 2.05) is 11.8 Å². The molecule has 2 fully saturated rings. The third-order valence-electron chi connectivity index (χ3n) is 5.25. The van der Waals surface area contributed by atoms with Gasteiger partial charge in [0.1, 0.15) is 11.6 Å². The quantitative estimate of drug-likeness (QED) is 0.314. The van der Waals surface area contributed by atoms with Gasteiger partial charge in [-0.3, -0.25) is 9.89 Å². The zero-order valence-electron chi connectivity index (χ0n) is 17.1. The lowest BCUT2D eigenvalue weighted by Gasteiger charge is -2.26. The average Bonchev–Trinajstić information content (AvgIpc) is 3.11. The van der Waals surface area contributed by atoms with Gasteiger partial charge in [0, 0.05) is 51.4 Å². The summed E-state index contributed by atoms with van der Waals surface area (Å²) in [6.07, 6.45) is 0.825. The molecule has 2 aliphatic rings. The molecule has 0 spiro atoms. The SMILES string of the molecule is CCNC(=NCCN1CCS(=O)(=O)CC1)NC1CCN(c2ccc(F)cc2F)C1.I. The molecule has 30 heavy (non-hydrogen) atoms. The van der Waals surface area contributed by atoms with Gasteiger partial charge in [0.05, 0.1) is 23.7 Å². The first-order valence-electron chi connectivity index (χ1n) is 10.0. The first kappa shape index (κ1) is 25.1. The molecule has 0 aromatic heterocycles. The second-order valence-electron chi connectivity index (χ2n) is 7.43. The molecule has 0 saturated carbocycles. The van der Waals surface area contributed by atoms with E-state index in [4.69, 9.17) is 0 Å². The number of aliphatic imine (C=N–C) groups is 1. The molecule has 11 heteroatoms. The number of guanidine groups is 1. The summed E-state index contributed by atoms with van der Waals surface area (Å²) in [5.74, 6) is 0.00563. The number of sulfone groups is 1. The zero-order chi connectivity index (χ0) is 20.9. The van der Waals surface area contributed by atoms with Crippen LogP contribution in [0.2, 0.25) is 0 Å². The molecule has 170 valence electrons. The number of rotatable bonds is 6. The number of hydrogen-bond acceptors (Lipinski definition) is 5. The normalized spacial score (nSPS) is 21.9. The van der Waals surface area contributed by atoms with Crippen molar-refractivity contribution in [2.45, 2.75) is 19.4 Å². The van der Waals surface area contributed by atoms with E-state index in [0.717, 1.165) is 19.0 Å². The van der Waals surface area contributed by atoms with Crippen molar-refractivity contribution in [3.05, 3.63) is 29.8 Å². The van der Waals surface area contributed by atoms with Crippen LogP contribution >= 0.6 is 24.0 Å². The lowest BCUT2D eigenvalue weighted by atomic mass is 10.2. The highest BCUT2D eigenvalue weighted by atomic mass is 127. The monoisotopic (exact) mass is 557 g/mol. The van der Waals surface area contributed by atoms with Gasteiger partial charge in [0.25, 0.3) is 0 Å². The van der Waals surface area contributed by atoms with E-state index < -0.39 is 21.5 Å². The van der Waals surface area contributed by atoms with Crippen LogP contribution in [-0.4, -0.2) is 82.6 Å². The smallest absolute Gasteiger partial charge is 0.191 e. The average molecular weight is 557 g/mol. The van der Waals surface area contributed by atoms with Crippen molar-refractivity contribution in [1.29, 1.82) is 0 Å². The summed E-state index contributed by atoms with van der Waals surface area (Å²) in [5, 5.41) is 6.60. The van der Waals surface area contributed by atoms with Gasteiger partial charge in [-0.25, -0.2) is 17.2 Å². The molecule has 2 aliphatic heterocycles. The Hall–Kier alpha value is -1.21. The predicted molar refractivity (Wildman–Crippen MR) is 127 cm³/mol. The molecule has 0 bridgehead atoms. The topological polar surface area (TPSA) is 77.0 Å². The number of hydrogen-bond donors (Lipinski definition) is 2. The number of nitrogens with zero attached hydrogens (tertiary/aromatic N) is 3. The first-order valence-corrected chi connectivity index (χ1v) is 11.9. The molecule has 2 heterocycles. The highest BCUT2D eigenvalue weighted by Crippen LogP contribution is 2.24. The molecule has 2 N–H and O–H groups in total. The van der Waals surface area contributed by atoms with Crippen LogP contribution in [0.3, 0.4) is 0 Å². The predicted octanol–water partition coefficient (Wildman–Crippen LogP) is 1.45. The van der Waals surface area contributed by atoms with Crippen LogP contribution in [0.15, 0.2) is 23.2 Å². The van der Waals surface area contributed by atoms with Crippen molar-refractivity contribution in [1.82, 2.24) is 15.5 Å². The van der Waals surface area contributed by atoms with Gasteiger partial charge >= 0.3 is 0 Å². The number of halogens is 3. The fourth-order valence-electron chi connectivity index (χ4n) is 3.63. The number of anilines is 1. The summed E-state index contributed by atoms with van der Waals surface area (Å²) in [6, 6.07) is 3.77. The van der Waals surface area contributed by atoms with Crippen molar-refractivity contribution in [2.75, 3.05) is 62.2 Å². The summed E-state index contributed by atoms with van der Waals surface area (Å²) >= 11 is 0. The van der Waals surface area contributed by atoms with Crippen LogP contribution in [0.1, 0.15) is 13.3 Å². The van der Waals surface area contributed by atoms with Crippen LogP contribution in [0.25, 0.3) is 0 Å². The lowest BCUT2D eigenvalue weighted by Crippen LogP contribution is -2.45. The van der Waals surface area contributed by atoms with Crippen molar-refractivity contribution in [3.8, 4) is 0 Å². The Balaban J connectivity index is 0.00000320. The van der Waals surface area contributed by atoms with Crippen molar-refractivity contribution < 1.29 is 17.2 Å². The summed E-state index contributed by atoms with van der Waals surface area (Å²) < 4.78 is 50.2. The van der Waals surface area contributed by atoms with Crippen molar-refractivity contribution in [3.63, 3.8) is 0 Å². The van der Waals surface area contributed by atoms with Crippen LogP contribution < -0.4 is 15.5 Å². The maximum atomic E-state index is 14.0. The Morgan fingerprint density at radius 1 is 1.23 bits per heavy atom. The second kappa shape index (κ2) is 11.4. The molecule has 7 nitrogen and oxygen atoms in total. The largest absolute Gasteiger partial charge is 0.367 e. The van der Waals surface area contributed by atoms with Crippen LogP contribution in [0.4, 0.5) is 14.5 Å². The molecule has 0 aliphatic carbocycles. The maximum absolute atomic E-state index is 14.0. The molecule has 2 saturated heterocycles. The van der Waals surface area contributed by atoms with E-state index in [0.29, 0.717) is 50.9 Å². The summed E-state index contributed by atoms with van der Waals surface area (Å²) in [4.78, 5) is 8.62. The molecule has 1 unspecified atom stereocenters. The molecular weight excluding hydrogens is 527 g/mol. The molecule has 1 atom stereocenters. The summed E-state index contributed by atoms with van der Waals surface area (Å²) in [6.45, 7) is 6.39. The van der Waals surface area contributed by atoms with E-state index in [1.54, 1.807) is 0 Å². The highest BCUT2D eigenvalue weighted by molar-refractivity contribution is 14.0. The Morgan fingerprint density at radius 2 is 1.97 bits per heavy atom. The molecule has 0 radical (unpaired) electrons. The molecule has 0 amide bonds. The highest BCUT2D eigenvalue weighted by Gasteiger charge is 2.25. The van der Waals surface area contributed by atoms with Gasteiger partial charge in [-0.1, -0.05) is 0 Å². The second-order valence-corrected chi connectivity index (χ2v) is 9.73. The Morgan fingerprint density at radius 3 is 2.63 bits per heavy atom. The van der Waals surface area contributed by atoms with E-state index in [1.165, 1.54) is 12.1 Å². The third kappa shape index (κ3) is 7.19. The van der Waals surface area contributed by atoms with Crippen LogP contribution in [0.5, 0.6) is 0 Å². The minimum absolute atomic E-state index is 0. The molecular formula is C19H30F2IN5O2S. The zero-order valence-corrected chi connectivity index (χ0v) is 20.3. The fraction of sp³-hybridized carbons (Fsp3) is 0.632. The van der Waals surface area contributed by atoms with Gasteiger partial charge in [0.2, 0.25) is 0 Å². The summed E-state index contributed by atoms with van der Waals surface area (Å²) in [7, 11) is -2.87. The van der Waals surface area contributed by atoms with Gasteiger partial charge in [-0.15, -0.1) is 24.0 Å². The lowest BCUT2D eigenvalue weighted by molar-refractivity contribution is 0.304. The van der Waals surface area contributed by atoms with Gasteiger partial charge < -0.3 is 15.5 Å². The van der Waals surface area contributed by atoms with Gasteiger partial charge in [-0.2, -0.15) is 0 Å². The standard InChI is InChI=1S/C19H29F2N5O2S.HI/c1-2-22-19(23-6-8-25-9-11-29(27,28)12-10-25)24-16-5-7-26(14-16)18-4-3-15(20)13-17(18)21;/h3-4,13,16H,2,5-12,14H2,1H3,(H2,22,23,24);1H. The van der Waals surface area contributed by atoms with Crippen molar-refractivity contribution in [2.24, 2.45) is 4.99 Å². The minimum Gasteiger partial charge on any atom is -0.367 e. The first-order chi connectivity index (χ1) is 13.9. The van der Waals surface area contributed by atoms with Crippen LogP contribution in [0, 0.1) is 11.6 Å². The van der Waals surface area contributed by atoms with E-state index in [9.17, 15) is 17.2 Å². The number of nitrogens with one attached hydrogen (secondary N) is 2. The molecule has 3 rings (SSSR count). The van der Waals surface area contributed by atoms with Crippen LogP contribution in [-0.2, 0) is 9.84 Å². The molecule has 1 aromatic rings. The summed E-state index contributed by atoms with van der Waals surface area (Å²) in [5.41, 5.74) is 0.415. The number of benzene rings is 1. The van der Waals surface area contributed by atoms with Gasteiger partial charge in [0.15, 0.2) is 15.8 Å². The third-order valence-corrected chi connectivity index (χ3v) is 6.86.